The average molecular weight is 353 g/mol. The van der Waals surface area contributed by atoms with Crippen LogP contribution in [0.4, 0.5) is 0 Å². The minimum atomic E-state index is -1.00. The van der Waals surface area contributed by atoms with Gasteiger partial charge in [-0.2, -0.15) is 0 Å². The third kappa shape index (κ3) is 6.51. The summed E-state index contributed by atoms with van der Waals surface area (Å²) in [5.41, 5.74) is 2.47. The predicted octanol–water partition coefficient (Wildman–Crippen LogP) is 3.70. The summed E-state index contributed by atoms with van der Waals surface area (Å²) in [6, 6.07) is 16.3. The van der Waals surface area contributed by atoms with Crippen molar-refractivity contribution in [3.63, 3.8) is 0 Å². The van der Waals surface area contributed by atoms with Crippen molar-refractivity contribution < 1.29 is 19.4 Å². The number of carboxylic acids is 1. The quantitative estimate of drug-likeness (QED) is 0.698. The zero-order valence-electron chi connectivity index (χ0n) is 15.0. The molecule has 5 heteroatoms. The van der Waals surface area contributed by atoms with Gasteiger partial charge in [-0.05, 0) is 37.1 Å². The molecule has 0 spiro atoms. The van der Waals surface area contributed by atoms with Gasteiger partial charge in [-0.3, -0.25) is 9.79 Å². The summed E-state index contributed by atoms with van der Waals surface area (Å²) in [7, 11) is 0. The molecule has 0 aliphatic rings. The monoisotopic (exact) mass is 353 g/mol. The number of hydrogen-bond donors (Lipinski definition) is 1. The Kier molecular flexibility index (Phi) is 7.09. The van der Waals surface area contributed by atoms with E-state index in [4.69, 9.17) is 4.74 Å². The zero-order valence-corrected chi connectivity index (χ0v) is 15.0. The number of aliphatic carboxylic acids is 1. The molecule has 26 heavy (non-hydrogen) atoms. The Labute approximate surface area is 153 Å². The van der Waals surface area contributed by atoms with E-state index in [1.165, 1.54) is 6.92 Å². The minimum Gasteiger partial charge on any atom is -0.489 e. The zero-order chi connectivity index (χ0) is 18.9. The number of benzene rings is 2. The first-order valence-electron chi connectivity index (χ1n) is 8.45. The number of ether oxygens (including phenoxy) is 1. The van der Waals surface area contributed by atoms with E-state index in [1.54, 1.807) is 6.92 Å². The van der Waals surface area contributed by atoms with Crippen LogP contribution in [0.5, 0.6) is 5.75 Å². The summed E-state index contributed by atoms with van der Waals surface area (Å²) in [6.07, 6.45) is 0.444. The molecule has 0 saturated carbocycles. The number of carbonyl (C=O) groups excluding carboxylic acids is 1. The third-order valence-corrected chi connectivity index (χ3v) is 3.77. The molecule has 2 aromatic carbocycles. The summed E-state index contributed by atoms with van der Waals surface area (Å²) in [5.74, 6) is -0.312. The topological polar surface area (TPSA) is 76.0 Å². The van der Waals surface area contributed by atoms with Gasteiger partial charge in [0, 0.05) is 18.6 Å². The van der Waals surface area contributed by atoms with Gasteiger partial charge in [0.1, 0.15) is 18.1 Å². The molecule has 0 aliphatic heterocycles. The molecule has 0 aliphatic carbocycles. The maximum atomic E-state index is 11.4. The third-order valence-electron chi connectivity index (χ3n) is 3.77. The lowest BCUT2D eigenvalue weighted by atomic mass is 10.1. The molecular weight excluding hydrogens is 330 g/mol. The van der Waals surface area contributed by atoms with Crippen LogP contribution in [0, 0.1) is 0 Å². The van der Waals surface area contributed by atoms with Crippen LogP contribution in [0.3, 0.4) is 0 Å². The molecule has 0 unspecified atom stereocenters. The summed E-state index contributed by atoms with van der Waals surface area (Å²) in [4.78, 5) is 26.7. The number of carbonyl (C=O) groups is 2. The first kappa shape index (κ1) is 19.4. The van der Waals surface area contributed by atoms with Crippen LogP contribution < -0.4 is 4.74 Å². The van der Waals surface area contributed by atoms with Crippen LogP contribution in [0.15, 0.2) is 59.6 Å². The Balaban J connectivity index is 1.97. The molecule has 0 bridgehead atoms. The molecule has 0 amide bonds. The first-order valence-corrected chi connectivity index (χ1v) is 8.45. The van der Waals surface area contributed by atoms with Crippen LogP contribution in [0.1, 0.15) is 31.4 Å². The van der Waals surface area contributed by atoms with Gasteiger partial charge in [0.25, 0.3) is 0 Å². The molecule has 1 N–H and O–H groups in total. The Bertz CT molecular complexity index is 766. The summed E-state index contributed by atoms with van der Waals surface area (Å²) < 4.78 is 5.73. The lowest BCUT2D eigenvalue weighted by Crippen LogP contribution is -2.22. The molecule has 0 heterocycles. The van der Waals surface area contributed by atoms with E-state index in [-0.39, 0.29) is 18.6 Å². The van der Waals surface area contributed by atoms with E-state index < -0.39 is 12.0 Å². The highest BCUT2D eigenvalue weighted by Crippen LogP contribution is 2.16. The molecule has 0 fully saturated rings. The van der Waals surface area contributed by atoms with E-state index in [0.717, 1.165) is 16.9 Å². The normalized spacial score (nSPS) is 12.5. The van der Waals surface area contributed by atoms with E-state index in [9.17, 15) is 14.7 Å². The largest absolute Gasteiger partial charge is 0.489 e. The molecule has 0 radical (unpaired) electrons. The van der Waals surface area contributed by atoms with Gasteiger partial charge in [0.2, 0.25) is 0 Å². The average Bonchev–Trinajstić information content (AvgIpc) is 2.60. The lowest BCUT2D eigenvalue weighted by Gasteiger charge is -2.11. The van der Waals surface area contributed by atoms with Gasteiger partial charge in [0.15, 0.2) is 6.04 Å². The van der Waals surface area contributed by atoms with Crippen LogP contribution in [0.25, 0.3) is 0 Å². The number of hydrogen-bond acceptors (Lipinski definition) is 4. The van der Waals surface area contributed by atoms with Gasteiger partial charge in [-0.1, -0.05) is 42.5 Å². The summed E-state index contributed by atoms with van der Waals surface area (Å²) >= 11 is 0. The minimum absolute atomic E-state index is 0.0321. The van der Waals surface area contributed by atoms with Crippen LogP contribution in [-0.2, 0) is 22.6 Å². The number of carboxylic acid groups (broad SMARTS) is 1. The van der Waals surface area contributed by atoms with E-state index in [2.05, 4.69) is 4.99 Å². The maximum absolute atomic E-state index is 11.4. The maximum Gasteiger partial charge on any atom is 0.328 e. The van der Waals surface area contributed by atoms with Crippen LogP contribution in [0.2, 0.25) is 0 Å². The second-order valence-electron chi connectivity index (χ2n) is 6.22. The van der Waals surface area contributed by atoms with Crippen molar-refractivity contribution in [2.24, 2.45) is 4.99 Å². The molecule has 5 nitrogen and oxygen atoms in total. The molecule has 0 aromatic heterocycles. The highest BCUT2D eigenvalue weighted by molar-refractivity contribution is 6.00. The molecule has 0 saturated heterocycles. The van der Waals surface area contributed by atoms with Crippen molar-refractivity contribution in [2.75, 3.05) is 0 Å². The highest BCUT2D eigenvalue weighted by Gasteiger charge is 2.17. The first-order chi connectivity index (χ1) is 12.4. The molecular formula is C21H23NO4. The van der Waals surface area contributed by atoms with Gasteiger partial charge in [-0.15, -0.1) is 0 Å². The number of aliphatic imine (C=N–C) groups is 1. The molecule has 136 valence electrons. The van der Waals surface area contributed by atoms with Crippen molar-refractivity contribution in [2.45, 2.75) is 39.3 Å². The van der Waals surface area contributed by atoms with Crippen molar-refractivity contribution in [1.29, 1.82) is 0 Å². The Morgan fingerprint density at radius 2 is 1.65 bits per heavy atom. The second-order valence-corrected chi connectivity index (χ2v) is 6.22. The van der Waals surface area contributed by atoms with Gasteiger partial charge >= 0.3 is 5.97 Å². The van der Waals surface area contributed by atoms with Crippen LogP contribution in [-0.4, -0.2) is 28.6 Å². The van der Waals surface area contributed by atoms with Gasteiger partial charge in [-0.25, -0.2) is 4.79 Å². The fraction of sp³-hybridized carbons (Fsp3) is 0.286. The Hall–Kier alpha value is -2.95. The van der Waals surface area contributed by atoms with E-state index in [0.29, 0.717) is 12.3 Å². The Morgan fingerprint density at radius 3 is 2.23 bits per heavy atom. The second kappa shape index (κ2) is 9.51. The van der Waals surface area contributed by atoms with Crippen molar-refractivity contribution in [3.05, 3.63) is 65.7 Å². The molecule has 2 aromatic rings. The fourth-order valence-electron chi connectivity index (χ4n) is 2.55. The van der Waals surface area contributed by atoms with Crippen molar-refractivity contribution >= 4 is 17.5 Å². The Morgan fingerprint density at radius 1 is 1.00 bits per heavy atom. The van der Waals surface area contributed by atoms with E-state index in [1.807, 2.05) is 54.6 Å². The smallest absolute Gasteiger partial charge is 0.328 e. The van der Waals surface area contributed by atoms with Crippen molar-refractivity contribution in [1.82, 2.24) is 0 Å². The van der Waals surface area contributed by atoms with E-state index >= 15 is 0 Å². The fourth-order valence-corrected chi connectivity index (χ4v) is 2.55. The lowest BCUT2D eigenvalue weighted by molar-refractivity contribution is -0.138. The number of ketones is 1. The number of Topliss-reactive ketones (excluding diaryl/α,β-unsaturated/α-hetero) is 1. The number of rotatable bonds is 9. The molecule has 1 atom stereocenters. The van der Waals surface area contributed by atoms with Crippen molar-refractivity contribution in [3.8, 4) is 5.75 Å². The SMILES string of the molecule is CC(=O)CC(C)=N[C@@H](Cc1ccc(OCc2ccccc2)cc1)C(=O)O. The standard InChI is InChI=1S/C21H23NO4/c1-15(12-16(2)23)22-20(21(24)25)13-17-8-10-19(11-9-17)26-14-18-6-4-3-5-7-18/h3-11,20H,12-14H2,1-2H3,(H,24,25)/t20-/m0/s1. The highest BCUT2D eigenvalue weighted by atomic mass is 16.5. The predicted molar refractivity (Wildman–Crippen MR) is 101 cm³/mol. The number of nitrogens with zero attached hydrogens (tertiary/aromatic N) is 1. The van der Waals surface area contributed by atoms with Gasteiger partial charge in [0.05, 0.1) is 0 Å². The summed E-state index contributed by atoms with van der Waals surface area (Å²) in [6.45, 7) is 3.62. The molecule has 2 rings (SSSR count). The van der Waals surface area contributed by atoms with Crippen LogP contribution >= 0.6 is 0 Å². The summed E-state index contributed by atoms with van der Waals surface area (Å²) in [5, 5.41) is 9.37. The van der Waals surface area contributed by atoms with Gasteiger partial charge < -0.3 is 9.84 Å².